The van der Waals surface area contributed by atoms with E-state index in [9.17, 15) is 9.90 Å². The summed E-state index contributed by atoms with van der Waals surface area (Å²) < 4.78 is 18.6. The molecule has 0 saturated carbocycles. The number of thiophene rings is 1. The van der Waals surface area contributed by atoms with Crippen molar-refractivity contribution in [3.05, 3.63) is 53.4 Å². The van der Waals surface area contributed by atoms with Crippen LogP contribution in [-0.2, 0) is 19.7 Å². The lowest BCUT2D eigenvalue weighted by Crippen LogP contribution is -2.46. The molecule has 9 heteroatoms. The topological polar surface area (TPSA) is 74.7 Å². The van der Waals surface area contributed by atoms with E-state index >= 15 is 0 Å². The van der Waals surface area contributed by atoms with E-state index in [1.165, 1.54) is 54.3 Å². The molecular formula is C39H57N3O5S. The maximum Gasteiger partial charge on any atom is 0.270 e. The Balaban J connectivity index is 1.02. The summed E-state index contributed by atoms with van der Waals surface area (Å²) >= 11 is 1.81. The summed E-state index contributed by atoms with van der Waals surface area (Å²) in [6.45, 7) is 11.4. The Morgan fingerprint density at radius 3 is 2.40 bits per heavy atom. The van der Waals surface area contributed by atoms with Crippen LogP contribution in [0.15, 0.2) is 47.8 Å². The molecule has 1 atom stereocenters. The lowest BCUT2D eigenvalue weighted by molar-refractivity contribution is -0.262. The lowest BCUT2D eigenvalue weighted by Gasteiger charge is -2.38. The second kappa shape index (κ2) is 18.3. The molecule has 3 aromatic rings. The van der Waals surface area contributed by atoms with E-state index in [1.54, 1.807) is 4.90 Å². The normalized spacial score (nSPS) is 17.2. The summed E-state index contributed by atoms with van der Waals surface area (Å²) in [7, 11) is 0. The zero-order valence-electron chi connectivity index (χ0n) is 29.5. The number of rotatable bonds is 20. The third-order valence-electron chi connectivity index (χ3n) is 9.81. The van der Waals surface area contributed by atoms with Gasteiger partial charge in [0.25, 0.3) is 6.48 Å². The average molecular weight is 680 g/mol. The third-order valence-corrected chi connectivity index (χ3v) is 10.7. The first-order chi connectivity index (χ1) is 23.4. The van der Waals surface area contributed by atoms with Crippen LogP contribution in [0.3, 0.4) is 0 Å². The summed E-state index contributed by atoms with van der Waals surface area (Å²) in [5.41, 5.74) is 2.91. The fourth-order valence-corrected chi connectivity index (χ4v) is 7.75. The van der Waals surface area contributed by atoms with Gasteiger partial charge in [-0.2, -0.15) is 0 Å². The smallest absolute Gasteiger partial charge is 0.270 e. The molecule has 2 aliphatic heterocycles. The van der Waals surface area contributed by atoms with E-state index in [4.69, 9.17) is 14.2 Å². The highest BCUT2D eigenvalue weighted by molar-refractivity contribution is 7.17. The number of carbonyl (C=O) groups is 1. The van der Waals surface area contributed by atoms with Gasteiger partial charge in [-0.05, 0) is 61.0 Å². The molecule has 0 aliphatic carbocycles. The second-order valence-electron chi connectivity index (χ2n) is 14.0. The Morgan fingerprint density at radius 1 is 0.854 bits per heavy atom. The van der Waals surface area contributed by atoms with Crippen molar-refractivity contribution in [3.63, 3.8) is 0 Å². The van der Waals surface area contributed by atoms with Gasteiger partial charge in [-0.25, -0.2) is 0 Å². The fourth-order valence-electron chi connectivity index (χ4n) is 6.94. The average Bonchev–Trinajstić information content (AvgIpc) is 3.57. The van der Waals surface area contributed by atoms with Crippen molar-refractivity contribution in [3.8, 4) is 5.75 Å². The minimum Gasteiger partial charge on any atom is -0.494 e. The maximum absolute atomic E-state index is 13.2. The van der Waals surface area contributed by atoms with Crippen molar-refractivity contribution in [1.82, 2.24) is 4.90 Å². The summed E-state index contributed by atoms with van der Waals surface area (Å²) in [6.07, 6.45) is 12.0. The minimum atomic E-state index is -1.36. The van der Waals surface area contributed by atoms with Gasteiger partial charge >= 0.3 is 0 Å². The molecule has 0 bridgehead atoms. The van der Waals surface area contributed by atoms with Crippen LogP contribution in [0.25, 0.3) is 10.1 Å². The summed E-state index contributed by atoms with van der Waals surface area (Å²) in [6, 6.07) is 14.9. The number of nitrogens with zero attached hydrogens (tertiary/aromatic N) is 3. The quantitative estimate of drug-likeness (QED) is 0.0951. The third kappa shape index (κ3) is 10.2. The number of benzene rings is 2. The zero-order chi connectivity index (χ0) is 33.8. The van der Waals surface area contributed by atoms with E-state index in [0.29, 0.717) is 19.6 Å². The van der Waals surface area contributed by atoms with Gasteiger partial charge in [-0.1, -0.05) is 77.8 Å². The molecule has 0 radical (unpaired) electrons. The molecule has 2 aromatic carbocycles. The molecule has 1 N–H and O–H groups in total. The fraction of sp³-hybridized carbons (Fsp3) is 0.615. The van der Waals surface area contributed by atoms with Gasteiger partial charge in [0.05, 0.1) is 18.9 Å². The zero-order valence-corrected chi connectivity index (χ0v) is 30.3. The molecule has 1 saturated heterocycles. The number of fused-ring (bicyclic) bond motifs is 2. The molecule has 2 aliphatic rings. The molecule has 264 valence electrons. The number of amides is 1. The van der Waals surface area contributed by atoms with Gasteiger partial charge in [0.2, 0.25) is 5.91 Å². The number of piperazine rings is 1. The first-order valence-corrected chi connectivity index (χ1v) is 19.2. The highest BCUT2D eigenvalue weighted by Crippen LogP contribution is 2.42. The van der Waals surface area contributed by atoms with Crippen LogP contribution in [-0.4, -0.2) is 75.1 Å². The molecule has 1 unspecified atom stereocenters. The predicted octanol–water partition coefficient (Wildman–Crippen LogP) is 8.30. The Bertz CT molecular complexity index is 1420. The van der Waals surface area contributed by atoms with E-state index in [0.717, 1.165) is 75.4 Å². The van der Waals surface area contributed by atoms with Crippen LogP contribution < -0.4 is 14.5 Å². The number of aliphatic hydroxyl groups is 1. The largest absolute Gasteiger partial charge is 0.494 e. The standard InChI is InChI=1S/C39H57N3O5S/c1-4-5-6-7-8-9-10-12-26-46-38(44)47-30-42-35-28-31(17-18-33(35)39(2,3)29-37(42)43)45-25-13-11-20-40-21-23-41(24-22-40)34-15-14-16-36-32(34)19-27-48-36/h14-19,27-28,38,44H,4-13,20-26,29-30H2,1-3H3. The highest BCUT2D eigenvalue weighted by Gasteiger charge is 2.37. The monoisotopic (exact) mass is 679 g/mol. The van der Waals surface area contributed by atoms with Gasteiger partial charge in [-0.15, -0.1) is 11.3 Å². The van der Waals surface area contributed by atoms with Crippen molar-refractivity contribution >= 4 is 38.7 Å². The molecule has 1 aromatic heterocycles. The number of aliphatic hydroxyl groups excluding tert-OH is 1. The van der Waals surface area contributed by atoms with Crippen molar-refractivity contribution in [2.24, 2.45) is 0 Å². The molecule has 48 heavy (non-hydrogen) atoms. The Kier molecular flexibility index (Phi) is 14.0. The number of ether oxygens (including phenoxy) is 3. The molecule has 3 heterocycles. The molecule has 0 spiro atoms. The van der Waals surface area contributed by atoms with E-state index < -0.39 is 6.48 Å². The molecule has 1 fully saturated rings. The van der Waals surface area contributed by atoms with Crippen LogP contribution in [0.1, 0.15) is 97.0 Å². The van der Waals surface area contributed by atoms with Crippen LogP contribution in [0, 0.1) is 0 Å². The van der Waals surface area contributed by atoms with Crippen molar-refractivity contribution < 1.29 is 24.1 Å². The van der Waals surface area contributed by atoms with E-state index in [2.05, 4.69) is 66.3 Å². The lowest BCUT2D eigenvalue weighted by atomic mass is 9.77. The van der Waals surface area contributed by atoms with Gasteiger partial charge in [0, 0.05) is 59.9 Å². The number of anilines is 2. The Morgan fingerprint density at radius 2 is 1.60 bits per heavy atom. The minimum absolute atomic E-state index is 0.0352. The second-order valence-corrected chi connectivity index (χ2v) is 15.0. The number of hydrogen-bond acceptors (Lipinski definition) is 8. The van der Waals surface area contributed by atoms with E-state index in [1.807, 2.05) is 23.5 Å². The van der Waals surface area contributed by atoms with Crippen molar-refractivity contribution in [1.29, 1.82) is 0 Å². The Hall–Kier alpha value is -2.69. The number of unbranched alkanes of at least 4 members (excludes halogenated alkanes) is 8. The summed E-state index contributed by atoms with van der Waals surface area (Å²) in [4.78, 5) is 19.9. The molecule has 8 nitrogen and oxygen atoms in total. The van der Waals surface area contributed by atoms with Gasteiger partial charge in [-0.3, -0.25) is 14.6 Å². The van der Waals surface area contributed by atoms with Gasteiger partial charge < -0.3 is 24.2 Å². The first kappa shape index (κ1) is 36.6. The summed E-state index contributed by atoms with van der Waals surface area (Å²) in [5.74, 6) is 0.707. The van der Waals surface area contributed by atoms with Gasteiger partial charge in [0.1, 0.15) is 12.5 Å². The predicted molar refractivity (Wildman–Crippen MR) is 197 cm³/mol. The van der Waals surface area contributed by atoms with Crippen molar-refractivity contribution in [2.45, 2.75) is 103 Å². The number of carbonyl (C=O) groups excluding carboxylic acids is 1. The van der Waals surface area contributed by atoms with Crippen LogP contribution in [0.5, 0.6) is 5.75 Å². The molecule has 1 amide bonds. The van der Waals surface area contributed by atoms with Crippen LogP contribution in [0.2, 0.25) is 0 Å². The van der Waals surface area contributed by atoms with Crippen LogP contribution in [0.4, 0.5) is 11.4 Å². The summed E-state index contributed by atoms with van der Waals surface area (Å²) in [5, 5.41) is 13.9. The molecule has 5 rings (SSSR count). The van der Waals surface area contributed by atoms with Crippen molar-refractivity contribution in [2.75, 3.05) is 62.5 Å². The first-order valence-electron chi connectivity index (χ1n) is 18.3. The van der Waals surface area contributed by atoms with Crippen LogP contribution >= 0.6 is 11.3 Å². The number of hydrogen-bond donors (Lipinski definition) is 1. The maximum atomic E-state index is 13.2. The molecular weight excluding hydrogens is 623 g/mol. The van der Waals surface area contributed by atoms with E-state index in [-0.39, 0.29) is 18.1 Å². The highest BCUT2D eigenvalue weighted by atomic mass is 32.1. The van der Waals surface area contributed by atoms with Gasteiger partial charge in [0.15, 0.2) is 0 Å². The SMILES string of the molecule is CCCCCCCCCCOC(O)OCN1C(=O)CC(C)(C)c2ccc(OCCCCN3CCN(c4cccc5sccc45)CC3)cc21. The Labute approximate surface area is 291 Å².